The first-order valence-electron chi connectivity index (χ1n) is 6.61. The van der Waals surface area contributed by atoms with Gasteiger partial charge < -0.3 is 8.60 Å². The second-order valence-corrected chi connectivity index (χ2v) is 6.07. The van der Waals surface area contributed by atoms with Crippen LogP contribution in [0.2, 0.25) is 0 Å². The van der Waals surface area contributed by atoms with Crippen LogP contribution in [0.15, 0.2) is 33.5 Å². The second kappa shape index (κ2) is 5.87. The van der Waals surface area contributed by atoms with Crippen molar-refractivity contribution >= 4 is 21.3 Å². The summed E-state index contributed by atoms with van der Waals surface area (Å²) in [7, 11) is -3.85. The summed E-state index contributed by atoms with van der Waals surface area (Å²) in [6.45, 7) is 5.88. The van der Waals surface area contributed by atoms with E-state index in [-0.39, 0.29) is 5.75 Å². The van der Waals surface area contributed by atoms with Crippen molar-refractivity contribution in [2.75, 3.05) is 13.1 Å². The number of fused-ring (bicyclic) bond motifs is 1. The van der Waals surface area contributed by atoms with E-state index in [0.717, 1.165) is 10.9 Å². The normalized spacial score (nSPS) is 12.0. The van der Waals surface area contributed by atoms with Crippen molar-refractivity contribution in [3.8, 4) is 5.75 Å². The van der Waals surface area contributed by atoms with E-state index in [1.165, 1.54) is 22.5 Å². The van der Waals surface area contributed by atoms with E-state index < -0.39 is 15.9 Å². The number of nitrogens with zero attached hydrogens (tertiary/aromatic N) is 1. The molecule has 0 aliphatic carbocycles. The van der Waals surface area contributed by atoms with Crippen LogP contribution in [0.1, 0.15) is 19.4 Å². The molecular weight excluding hydrogens is 294 g/mol. The minimum atomic E-state index is -3.85. The first-order chi connectivity index (χ1) is 9.87. The van der Waals surface area contributed by atoms with Crippen molar-refractivity contribution in [2.24, 2.45) is 0 Å². The van der Waals surface area contributed by atoms with Gasteiger partial charge in [-0.15, -0.1) is 0 Å². The van der Waals surface area contributed by atoms with Crippen molar-refractivity contribution in [1.82, 2.24) is 4.31 Å². The zero-order valence-electron chi connectivity index (χ0n) is 12.1. The molecule has 0 unspecified atom stereocenters. The molecule has 0 fully saturated rings. The summed E-state index contributed by atoms with van der Waals surface area (Å²) < 4.78 is 35.4. The predicted molar refractivity (Wildman–Crippen MR) is 79.7 cm³/mol. The molecule has 21 heavy (non-hydrogen) atoms. The summed E-state index contributed by atoms with van der Waals surface area (Å²) in [5.74, 6) is 0.114. The molecule has 0 aliphatic heterocycles. The quantitative estimate of drug-likeness (QED) is 0.790. The standard InChI is InChI=1S/C14H17NO5S/c1-4-15(5-2)21(17,18)20-11-6-7-12-10(3)8-14(16)19-13(12)9-11/h6-9H,4-5H2,1-3H3. The maximum Gasteiger partial charge on any atom is 0.385 e. The molecule has 1 aromatic carbocycles. The lowest BCUT2D eigenvalue weighted by atomic mass is 10.1. The Labute approximate surface area is 123 Å². The second-order valence-electron chi connectivity index (χ2n) is 4.53. The van der Waals surface area contributed by atoms with E-state index >= 15 is 0 Å². The molecule has 0 saturated heterocycles. The first-order valence-corrected chi connectivity index (χ1v) is 7.98. The molecule has 0 radical (unpaired) electrons. The van der Waals surface area contributed by atoms with E-state index in [1.54, 1.807) is 26.8 Å². The van der Waals surface area contributed by atoms with Gasteiger partial charge in [-0.25, -0.2) is 4.79 Å². The summed E-state index contributed by atoms with van der Waals surface area (Å²) >= 11 is 0. The Bertz CT molecular complexity index is 806. The zero-order valence-corrected chi connectivity index (χ0v) is 12.9. The number of rotatable bonds is 5. The smallest absolute Gasteiger partial charge is 0.385 e. The molecule has 6 nitrogen and oxygen atoms in total. The fourth-order valence-electron chi connectivity index (χ4n) is 2.07. The molecule has 2 rings (SSSR count). The minimum Gasteiger partial charge on any atom is -0.423 e. The SMILES string of the molecule is CCN(CC)S(=O)(=O)Oc1ccc2c(C)cc(=O)oc2c1. The average molecular weight is 311 g/mol. The van der Waals surface area contributed by atoms with Crippen molar-refractivity contribution in [2.45, 2.75) is 20.8 Å². The summed E-state index contributed by atoms with van der Waals surface area (Å²) in [5, 5.41) is 0.738. The third-order valence-electron chi connectivity index (χ3n) is 3.15. The van der Waals surface area contributed by atoms with E-state index in [9.17, 15) is 13.2 Å². The van der Waals surface area contributed by atoms with Gasteiger partial charge in [-0.1, -0.05) is 13.8 Å². The Morgan fingerprint density at radius 1 is 1.19 bits per heavy atom. The van der Waals surface area contributed by atoms with Gasteiger partial charge in [0.2, 0.25) is 0 Å². The molecule has 0 saturated carbocycles. The molecule has 0 amide bonds. The van der Waals surface area contributed by atoms with Crippen molar-refractivity contribution in [3.63, 3.8) is 0 Å². The largest absolute Gasteiger partial charge is 0.423 e. The highest BCUT2D eigenvalue weighted by Crippen LogP contribution is 2.23. The third kappa shape index (κ3) is 3.25. The molecule has 0 spiro atoms. The fourth-order valence-corrected chi connectivity index (χ4v) is 3.16. The van der Waals surface area contributed by atoms with Crippen LogP contribution >= 0.6 is 0 Å². The summed E-state index contributed by atoms with van der Waals surface area (Å²) in [4.78, 5) is 11.4. The van der Waals surface area contributed by atoms with E-state index in [4.69, 9.17) is 8.60 Å². The van der Waals surface area contributed by atoms with Crippen molar-refractivity contribution in [3.05, 3.63) is 40.2 Å². The highest BCUT2D eigenvalue weighted by atomic mass is 32.2. The molecule has 0 bridgehead atoms. The fraction of sp³-hybridized carbons (Fsp3) is 0.357. The third-order valence-corrected chi connectivity index (χ3v) is 4.70. The number of hydrogen-bond donors (Lipinski definition) is 0. The molecule has 0 aliphatic rings. The van der Waals surface area contributed by atoms with E-state index in [2.05, 4.69) is 0 Å². The van der Waals surface area contributed by atoms with Gasteiger partial charge in [0.25, 0.3) is 0 Å². The monoisotopic (exact) mass is 311 g/mol. The van der Waals surface area contributed by atoms with E-state index in [0.29, 0.717) is 18.7 Å². The number of benzene rings is 1. The van der Waals surface area contributed by atoms with Crippen LogP contribution in [0, 0.1) is 6.92 Å². The van der Waals surface area contributed by atoms with Gasteiger partial charge in [0.1, 0.15) is 11.3 Å². The van der Waals surface area contributed by atoms with Gasteiger partial charge >= 0.3 is 15.9 Å². The maximum absolute atomic E-state index is 12.0. The lowest BCUT2D eigenvalue weighted by Crippen LogP contribution is -2.34. The highest BCUT2D eigenvalue weighted by Gasteiger charge is 2.21. The average Bonchev–Trinajstić information content (AvgIpc) is 2.38. The van der Waals surface area contributed by atoms with Crippen LogP contribution in [-0.2, 0) is 10.3 Å². The topological polar surface area (TPSA) is 76.8 Å². The molecule has 114 valence electrons. The molecule has 1 aromatic heterocycles. The molecule has 1 heterocycles. The number of hydrogen-bond acceptors (Lipinski definition) is 5. The Balaban J connectivity index is 2.42. The van der Waals surface area contributed by atoms with Gasteiger partial charge in [-0.3, -0.25) is 0 Å². The highest BCUT2D eigenvalue weighted by molar-refractivity contribution is 7.84. The van der Waals surface area contributed by atoms with Gasteiger partial charge in [0, 0.05) is 30.6 Å². The van der Waals surface area contributed by atoms with Crippen molar-refractivity contribution < 1.29 is 17.0 Å². The van der Waals surface area contributed by atoms with Crippen LogP contribution in [0.25, 0.3) is 11.0 Å². The Hall–Kier alpha value is -1.86. The maximum atomic E-state index is 12.0. The zero-order chi connectivity index (χ0) is 15.6. The van der Waals surface area contributed by atoms with Crippen LogP contribution < -0.4 is 9.81 Å². The van der Waals surface area contributed by atoms with Crippen LogP contribution in [0.4, 0.5) is 0 Å². The lowest BCUT2D eigenvalue weighted by molar-refractivity contribution is 0.376. The van der Waals surface area contributed by atoms with Gasteiger partial charge in [0.05, 0.1) is 0 Å². The summed E-state index contributed by atoms with van der Waals surface area (Å²) in [6.07, 6.45) is 0. The van der Waals surface area contributed by atoms with Crippen molar-refractivity contribution in [1.29, 1.82) is 0 Å². The summed E-state index contributed by atoms with van der Waals surface area (Å²) in [5.41, 5.74) is 0.579. The van der Waals surface area contributed by atoms with Gasteiger partial charge in [0.15, 0.2) is 0 Å². The molecular formula is C14H17NO5S. The predicted octanol–water partition coefficient (Wildman–Crippen LogP) is 2.07. The molecule has 0 N–H and O–H groups in total. The first kappa shape index (κ1) is 15.5. The lowest BCUT2D eigenvalue weighted by Gasteiger charge is -2.18. The molecule has 0 atom stereocenters. The summed E-state index contributed by atoms with van der Waals surface area (Å²) in [6, 6.07) is 6.00. The Kier molecular flexibility index (Phi) is 4.34. The minimum absolute atomic E-state index is 0.114. The van der Waals surface area contributed by atoms with E-state index in [1.807, 2.05) is 0 Å². The Morgan fingerprint density at radius 2 is 1.86 bits per heavy atom. The van der Waals surface area contributed by atoms with Crippen LogP contribution in [0.5, 0.6) is 5.75 Å². The van der Waals surface area contributed by atoms with Crippen LogP contribution in [0.3, 0.4) is 0 Å². The molecule has 2 aromatic rings. The van der Waals surface area contributed by atoms with Gasteiger partial charge in [-0.2, -0.15) is 12.7 Å². The van der Waals surface area contributed by atoms with Crippen LogP contribution in [-0.4, -0.2) is 25.8 Å². The van der Waals surface area contributed by atoms with Gasteiger partial charge in [-0.05, 0) is 24.6 Å². The Morgan fingerprint density at radius 3 is 2.48 bits per heavy atom. The molecule has 7 heteroatoms. The number of aryl methyl sites for hydroxylation is 1.